The van der Waals surface area contributed by atoms with Crippen LogP contribution in [0.3, 0.4) is 0 Å². The lowest BCUT2D eigenvalue weighted by molar-refractivity contribution is -0.000425. The standard InChI is InChI=1S/C14H18N4O4S/c1-23(20,21)16-8-12-9-22-6-5-18(12)14(19)13-7-11-3-2-4-17(11)10-15-13/h2-4,7,10,12,16H,5-6,8-9H2,1H3. The Morgan fingerprint density at radius 2 is 2.35 bits per heavy atom. The van der Waals surface area contributed by atoms with Crippen LogP contribution in [0.15, 0.2) is 30.7 Å². The van der Waals surface area contributed by atoms with Crippen LogP contribution >= 0.6 is 0 Å². The predicted molar refractivity (Wildman–Crippen MR) is 83.7 cm³/mol. The molecule has 1 amide bonds. The van der Waals surface area contributed by atoms with Crippen molar-refractivity contribution in [3.05, 3.63) is 36.4 Å². The minimum absolute atomic E-state index is 0.123. The van der Waals surface area contributed by atoms with E-state index in [0.717, 1.165) is 11.8 Å². The van der Waals surface area contributed by atoms with E-state index in [9.17, 15) is 13.2 Å². The molecule has 3 heterocycles. The first-order valence-electron chi connectivity index (χ1n) is 7.20. The minimum atomic E-state index is -3.32. The first-order chi connectivity index (χ1) is 10.9. The summed E-state index contributed by atoms with van der Waals surface area (Å²) < 4.78 is 32.1. The van der Waals surface area contributed by atoms with Gasteiger partial charge in [-0.15, -0.1) is 0 Å². The van der Waals surface area contributed by atoms with E-state index in [1.54, 1.807) is 17.3 Å². The average Bonchev–Trinajstić information content (AvgIpc) is 2.99. The van der Waals surface area contributed by atoms with Crippen molar-refractivity contribution in [1.82, 2.24) is 19.0 Å². The number of carbonyl (C=O) groups is 1. The Morgan fingerprint density at radius 3 is 3.13 bits per heavy atom. The number of fused-ring (bicyclic) bond motifs is 1. The van der Waals surface area contributed by atoms with Crippen LogP contribution in [-0.2, 0) is 14.8 Å². The number of carbonyl (C=O) groups excluding carboxylic acids is 1. The van der Waals surface area contributed by atoms with Gasteiger partial charge in [0.2, 0.25) is 10.0 Å². The summed E-state index contributed by atoms with van der Waals surface area (Å²) in [5, 5.41) is 0. The van der Waals surface area contributed by atoms with E-state index >= 15 is 0 Å². The second-order valence-corrected chi connectivity index (χ2v) is 7.30. The molecule has 0 saturated carbocycles. The SMILES string of the molecule is CS(=O)(=O)NCC1COCCN1C(=O)c1cc2cccn2cn1. The van der Waals surface area contributed by atoms with Gasteiger partial charge in [0.25, 0.3) is 5.91 Å². The van der Waals surface area contributed by atoms with Gasteiger partial charge in [0.05, 0.1) is 31.8 Å². The number of hydrogen-bond acceptors (Lipinski definition) is 5. The predicted octanol–water partition coefficient (Wildman–Crippen LogP) is -0.275. The Kier molecular flexibility index (Phi) is 4.33. The van der Waals surface area contributed by atoms with Gasteiger partial charge in [0.15, 0.2) is 0 Å². The number of sulfonamides is 1. The van der Waals surface area contributed by atoms with E-state index in [0.29, 0.717) is 25.5 Å². The van der Waals surface area contributed by atoms with E-state index < -0.39 is 10.0 Å². The number of hydrogen-bond donors (Lipinski definition) is 1. The van der Waals surface area contributed by atoms with Gasteiger partial charge < -0.3 is 14.0 Å². The number of ether oxygens (including phenoxy) is 1. The van der Waals surface area contributed by atoms with E-state index in [1.165, 1.54) is 0 Å². The van der Waals surface area contributed by atoms with Gasteiger partial charge >= 0.3 is 0 Å². The van der Waals surface area contributed by atoms with Gasteiger partial charge in [0, 0.05) is 24.8 Å². The molecule has 124 valence electrons. The topological polar surface area (TPSA) is 93.0 Å². The molecule has 1 unspecified atom stereocenters. The van der Waals surface area contributed by atoms with E-state index in [-0.39, 0.29) is 18.5 Å². The highest BCUT2D eigenvalue weighted by atomic mass is 32.2. The molecular weight excluding hydrogens is 320 g/mol. The zero-order chi connectivity index (χ0) is 16.4. The Labute approximate surface area is 134 Å². The summed E-state index contributed by atoms with van der Waals surface area (Å²) in [7, 11) is -3.32. The van der Waals surface area contributed by atoms with Crippen LogP contribution in [0.25, 0.3) is 5.52 Å². The summed E-state index contributed by atoms with van der Waals surface area (Å²) in [6.07, 6.45) is 4.53. The minimum Gasteiger partial charge on any atom is -0.377 e. The van der Waals surface area contributed by atoms with Crippen LogP contribution in [0.1, 0.15) is 10.5 Å². The third-order valence-corrected chi connectivity index (χ3v) is 4.40. The number of rotatable bonds is 4. The number of morpholine rings is 1. The zero-order valence-corrected chi connectivity index (χ0v) is 13.5. The fraction of sp³-hybridized carbons (Fsp3) is 0.429. The molecule has 1 aliphatic heterocycles. The van der Waals surface area contributed by atoms with Gasteiger partial charge in [-0.05, 0) is 18.2 Å². The smallest absolute Gasteiger partial charge is 0.273 e. The lowest BCUT2D eigenvalue weighted by Crippen LogP contribution is -2.53. The van der Waals surface area contributed by atoms with Crippen molar-refractivity contribution >= 4 is 21.4 Å². The van der Waals surface area contributed by atoms with Crippen molar-refractivity contribution in [2.24, 2.45) is 0 Å². The molecule has 0 aromatic carbocycles. The van der Waals surface area contributed by atoms with E-state index in [1.807, 2.05) is 22.7 Å². The lowest BCUT2D eigenvalue weighted by Gasteiger charge is -2.35. The highest BCUT2D eigenvalue weighted by Crippen LogP contribution is 2.13. The molecule has 8 nitrogen and oxygen atoms in total. The highest BCUT2D eigenvalue weighted by Gasteiger charge is 2.29. The molecule has 0 bridgehead atoms. The van der Waals surface area contributed by atoms with Gasteiger partial charge in [-0.25, -0.2) is 18.1 Å². The molecule has 0 aliphatic carbocycles. The number of aromatic nitrogens is 2. The average molecular weight is 338 g/mol. The third kappa shape index (κ3) is 3.69. The maximum atomic E-state index is 12.7. The van der Waals surface area contributed by atoms with Gasteiger partial charge in [-0.3, -0.25) is 4.79 Å². The first-order valence-corrected chi connectivity index (χ1v) is 9.09. The summed E-state index contributed by atoms with van der Waals surface area (Å²) in [6, 6.07) is 5.13. The van der Waals surface area contributed by atoms with Gasteiger partial charge in [-0.1, -0.05) is 0 Å². The van der Waals surface area contributed by atoms with E-state index in [4.69, 9.17) is 4.74 Å². The van der Waals surface area contributed by atoms with Crippen LogP contribution < -0.4 is 4.72 Å². The molecule has 0 spiro atoms. The van der Waals surface area contributed by atoms with Crippen molar-refractivity contribution < 1.29 is 17.9 Å². The molecule has 0 radical (unpaired) electrons. The van der Waals surface area contributed by atoms with Crippen LogP contribution in [0.4, 0.5) is 0 Å². The van der Waals surface area contributed by atoms with Crippen molar-refractivity contribution in [3.63, 3.8) is 0 Å². The highest BCUT2D eigenvalue weighted by molar-refractivity contribution is 7.88. The maximum Gasteiger partial charge on any atom is 0.273 e. The van der Waals surface area contributed by atoms with Crippen LogP contribution in [-0.4, -0.2) is 67.2 Å². The van der Waals surface area contributed by atoms with Crippen molar-refractivity contribution in [3.8, 4) is 0 Å². The molecular formula is C14H18N4O4S. The normalized spacial score (nSPS) is 19.2. The molecule has 1 saturated heterocycles. The molecule has 2 aromatic heterocycles. The summed E-state index contributed by atoms with van der Waals surface area (Å²) in [6.45, 7) is 1.25. The second kappa shape index (κ2) is 6.26. The van der Waals surface area contributed by atoms with E-state index in [2.05, 4.69) is 9.71 Å². The quantitative estimate of drug-likeness (QED) is 0.828. The summed E-state index contributed by atoms with van der Waals surface area (Å²) >= 11 is 0. The largest absolute Gasteiger partial charge is 0.377 e. The second-order valence-electron chi connectivity index (χ2n) is 5.46. The Morgan fingerprint density at radius 1 is 1.52 bits per heavy atom. The molecule has 1 atom stereocenters. The van der Waals surface area contributed by atoms with Crippen molar-refractivity contribution in [2.75, 3.05) is 32.6 Å². The Hall–Kier alpha value is -1.97. The monoisotopic (exact) mass is 338 g/mol. The van der Waals surface area contributed by atoms with Crippen molar-refractivity contribution in [1.29, 1.82) is 0 Å². The van der Waals surface area contributed by atoms with Crippen LogP contribution in [0.5, 0.6) is 0 Å². The van der Waals surface area contributed by atoms with Gasteiger partial charge in [0.1, 0.15) is 5.69 Å². The summed E-state index contributed by atoms with van der Waals surface area (Å²) in [4.78, 5) is 18.5. The lowest BCUT2D eigenvalue weighted by atomic mass is 10.2. The van der Waals surface area contributed by atoms with Crippen LogP contribution in [0, 0.1) is 0 Å². The molecule has 9 heteroatoms. The first kappa shape index (κ1) is 15.9. The summed E-state index contributed by atoms with van der Waals surface area (Å²) in [5.74, 6) is -0.225. The third-order valence-electron chi connectivity index (χ3n) is 3.71. The fourth-order valence-electron chi connectivity index (χ4n) is 2.54. The Bertz CT molecular complexity index is 817. The maximum absolute atomic E-state index is 12.7. The summed E-state index contributed by atoms with van der Waals surface area (Å²) in [5.41, 5.74) is 1.21. The molecule has 23 heavy (non-hydrogen) atoms. The number of nitrogens with one attached hydrogen (secondary N) is 1. The molecule has 2 aromatic rings. The van der Waals surface area contributed by atoms with Crippen molar-refractivity contribution in [2.45, 2.75) is 6.04 Å². The fourth-order valence-corrected chi connectivity index (χ4v) is 3.03. The molecule has 1 aliphatic rings. The number of amides is 1. The number of nitrogens with zero attached hydrogens (tertiary/aromatic N) is 3. The molecule has 1 N–H and O–H groups in total. The Balaban J connectivity index is 1.79. The van der Waals surface area contributed by atoms with Crippen LogP contribution in [0.2, 0.25) is 0 Å². The molecule has 1 fully saturated rings. The zero-order valence-electron chi connectivity index (χ0n) is 12.7. The van der Waals surface area contributed by atoms with Gasteiger partial charge in [-0.2, -0.15) is 0 Å². The molecule has 3 rings (SSSR count).